The van der Waals surface area contributed by atoms with Gasteiger partial charge in [0.25, 0.3) is 0 Å². The maximum atomic E-state index is 14.3. The summed E-state index contributed by atoms with van der Waals surface area (Å²) in [6.07, 6.45) is 0.967. The van der Waals surface area contributed by atoms with Crippen molar-refractivity contribution in [2.75, 3.05) is 32.8 Å². The van der Waals surface area contributed by atoms with Gasteiger partial charge in [-0.05, 0) is 49.6 Å². The van der Waals surface area contributed by atoms with Crippen molar-refractivity contribution in [3.63, 3.8) is 0 Å². The summed E-state index contributed by atoms with van der Waals surface area (Å²) < 4.78 is 23.0. The van der Waals surface area contributed by atoms with E-state index in [1.165, 1.54) is 19.1 Å². The van der Waals surface area contributed by atoms with E-state index in [1.807, 2.05) is 63.2 Å². The number of fused-ring (bicyclic) bond motifs is 1. The normalized spacial score (nSPS) is 16.1. The summed E-state index contributed by atoms with van der Waals surface area (Å²) in [6, 6.07) is 19.8. The van der Waals surface area contributed by atoms with E-state index in [1.54, 1.807) is 50.4 Å². The van der Waals surface area contributed by atoms with Gasteiger partial charge in [-0.1, -0.05) is 51.1 Å². The fraction of sp³-hybridized carbons (Fsp3) is 0.357. The molecule has 3 N–H and O–H groups in total. The van der Waals surface area contributed by atoms with E-state index >= 15 is 0 Å². The highest BCUT2D eigenvalue weighted by Crippen LogP contribution is 2.37. The third-order valence-electron chi connectivity index (χ3n) is 9.62. The standard InChI is InChI=1S/C42H48N4O9/c1-8-32(42(50)51)44-39(47)30-19-28(55-37-23-33(25-13-11-10-12-14-25)43-34-21-26(52-5)15-17-29(34)37)20-31(30)40(48)45-38(24(3)4)41(49)46(9-2)35-22-27(53-6)16-18-36(35)54-7/h10-18,20-24,28,30,32,38H,8-9,19H2,1-7H3,(H,44,47)(H,45,48)(H,50,51)/t28?,30?,32-,38-/m0/s1. The Labute approximate surface area is 320 Å². The number of carboxylic acids is 1. The van der Waals surface area contributed by atoms with E-state index in [9.17, 15) is 24.3 Å². The van der Waals surface area contributed by atoms with Gasteiger partial charge in [-0.3, -0.25) is 14.4 Å². The van der Waals surface area contributed by atoms with Crippen molar-refractivity contribution in [3.05, 3.63) is 84.4 Å². The molecule has 0 fully saturated rings. The minimum atomic E-state index is -1.19. The van der Waals surface area contributed by atoms with Crippen LogP contribution in [0.2, 0.25) is 0 Å². The number of amides is 3. The van der Waals surface area contributed by atoms with E-state index in [4.69, 9.17) is 23.9 Å². The van der Waals surface area contributed by atoms with Crippen LogP contribution in [0.3, 0.4) is 0 Å². The molecule has 1 aliphatic carbocycles. The van der Waals surface area contributed by atoms with Gasteiger partial charge in [0.05, 0.1) is 44.1 Å². The summed E-state index contributed by atoms with van der Waals surface area (Å²) in [5, 5.41) is 15.9. The minimum absolute atomic E-state index is 0.0354. The monoisotopic (exact) mass is 752 g/mol. The summed E-state index contributed by atoms with van der Waals surface area (Å²) in [5.41, 5.74) is 2.64. The lowest BCUT2D eigenvalue weighted by Gasteiger charge is -2.30. The molecule has 5 rings (SSSR count). The highest BCUT2D eigenvalue weighted by molar-refractivity contribution is 6.06. The first-order chi connectivity index (χ1) is 26.4. The van der Waals surface area contributed by atoms with Crippen LogP contribution in [0.4, 0.5) is 5.69 Å². The lowest BCUT2D eigenvalue weighted by molar-refractivity contribution is -0.142. The summed E-state index contributed by atoms with van der Waals surface area (Å²) in [5.74, 6) is -2.28. The van der Waals surface area contributed by atoms with E-state index in [2.05, 4.69) is 10.6 Å². The summed E-state index contributed by atoms with van der Waals surface area (Å²) in [7, 11) is 4.60. The van der Waals surface area contributed by atoms with Gasteiger partial charge in [0.15, 0.2) is 0 Å². The molecule has 0 saturated heterocycles. The maximum absolute atomic E-state index is 14.3. The molecule has 4 atom stereocenters. The highest BCUT2D eigenvalue weighted by atomic mass is 16.5. The second-order valence-corrected chi connectivity index (χ2v) is 13.4. The molecular weight excluding hydrogens is 704 g/mol. The molecule has 13 nitrogen and oxygen atoms in total. The minimum Gasteiger partial charge on any atom is -0.497 e. The van der Waals surface area contributed by atoms with Gasteiger partial charge in [0, 0.05) is 47.7 Å². The molecule has 1 aromatic heterocycles. The predicted molar refractivity (Wildman–Crippen MR) is 209 cm³/mol. The zero-order chi connectivity index (χ0) is 39.8. The number of anilines is 1. The molecule has 1 heterocycles. The number of carboxylic acid groups (broad SMARTS) is 1. The SMILES string of the molecule is CC[C@H](NC(=O)C1CC(Oc2cc(-c3ccccc3)nc3cc(OC)ccc23)C=C1C(=O)N[C@H](C(=O)N(CC)c1cc(OC)ccc1OC)C(C)C)C(=O)O. The van der Waals surface area contributed by atoms with Crippen LogP contribution in [-0.4, -0.2) is 79.8 Å². The number of likely N-dealkylation sites (N-methyl/N-ethyl adjacent to an activating group) is 1. The second kappa shape index (κ2) is 17.8. The number of methoxy groups -OCH3 is 3. The molecule has 3 amide bonds. The lowest BCUT2D eigenvalue weighted by Crippen LogP contribution is -2.52. The van der Waals surface area contributed by atoms with Crippen LogP contribution < -0.4 is 34.5 Å². The Kier molecular flexibility index (Phi) is 13.0. The number of hydrogen-bond donors (Lipinski definition) is 3. The van der Waals surface area contributed by atoms with Gasteiger partial charge in [-0.2, -0.15) is 0 Å². The van der Waals surface area contributed by atoms with E-state index < -0.39 is 47.8 Å². The third kappa shape index (κ3) is 8.99. The van der Waals surface area contributed by atoms with Crippen LogP contribution in [0.1, 0.15) is 40.5 Å². The Morgan fingerprint density at radius 3 is 2.18 bits per heavy atom. The lowest BCUT2D eigenvalue weighted by atomic mass is 9.96. The van der Waals surface area contributed by atoms with E-state index in [0.717, 1.165) is 5.56 Å². The van der Waals surface area contributed by atoms with Gasteiger partial charge in [0.1, 0.15) is 41.2 Å². The fourth-order valence-corrected chi connectivity index (χ4v) is 6.60. The first-order valence-corrected chi connectivity index (χ1v) is 18.2. The average molecular weight is 753 g/mol. The second-order valence-electron chi connectivity index (χ2n) is 13.4. The molecule has 0 aliphatic heterocycles. The van der Waals surface area contributed by atoms with Crippen LogP contribution >= 0.6 is 0 Å². The first kappa shape index (κ1) is 40.1. The molecule has 2 unspecified atom stereocenters. The Hall–Kier alpha value is -6.11. The number of benzene rings is 3. The predicted octanol–water partition coefficient (Wildman–Crippen LogP) is 5.79. The number of aromatic nitrogens is 1. The van der Waals surface area contributed by atoms with Crippen LogP contribution in [0.5, 0.6) is 23.0 Å². The van der Waals surface area contributed by atoms with Crippen molar-refractivity contribution in [1.29, 1.82) is 0 Å². The van der Waals surface area contributed by atoms with Gasteiger partial charge in [-0.25, -0.2) is 9.78 Å². The Bertz CT molecular complexity index is 2070. The number of hydrogen-bond acceptors (Lipinski definition) is 9. The van der Waals surface area contributed by atoms with Gasteiger partial charge >= 0.3 is 5.97 Å². The molecule has 0 saturated carbocycles. The first-order valence-electron chi connectivity index (χ1n) is 18.2. The van der Waals surface area contributed by atoms with Crippen molar-refractivity contribution in [2.45, 2.75) is 58.7 Å². The van der Waals surface area contributed by atoms with Crippen molar-refractivity contribution in [3.8, 4) is 34.3 Å². The van der Waals surface area contributed by atoms with Crippen LogP contribution in [0.25, 0.3) is 22.2 Å². The zero-order valence-electron chi connectivity index (χ0n) is 32.1. The van der Waals surface area contributed by atoms with Crippen molar-refractivity contribution >= 4 is 40.3 Å². The number of nitrogens with one attached hydrogen (secondary N) is 2. The number of ether oxygens (including phenoxy) is 4. The number of carbonyl (C=O) groups is 4. The quantitative estimate of drug-likeness (QED) is 0.128. The fourth-order valence-electron chi connectivity index (χ4n) is 6.60. The molecule has 0 radical (unpaired) electrons. The van der Waals surface area contributed by atoms with Crippen molar-refractivity contribution < 1.29 is 43.2 Å². The van der Waals surface area contributed by atoms with Gasteiger partial charge < -0.3 is 39.6 Å². The van der Waals surface area contributed by atoms with Crippen LogP contribution in [0, 0.1) is 11.8 Å². The van der Waals surface area contributed by atoms with Gasteiger partial charge in [0.2, 0.25) is 17.7 Å². The number of nitrogens with zero attached hydrogens (tertiary/aromatic N) is 2. The zero-order valence-corrected chi connectivity index (χ0v) is 32.1. The summed E-state index contributed by atoms with van der Waals surface area (Å²) in [6.45, 7) is 7.34. The van der Waals surface area contributed by atoms with E-state index in [0.29, 0.717) is 45.3 Å². The van der Waals surface area contributed by atoms with Crippen LogP contribution in [0.15, 0.2) is 84.4 Å². The molecular formula is C42H48N4O9. The number of rotatable bonds is 16. The largest absolute Gasteiger partial charge is 0.497 e. The Morgan fingerprint density at radius 2 is 1.56 bits per heavy atom. The molecule has 55 heavy (non-hydrogen) atoms. The maximum Gasteiger partial charge on any atom is 0.326 e. The smallest absolute Gasteiger partial charge is 0.326 e. The average Bonchev–Trinajstić information content (AvgIpc) is 3.62. The molecule has 0 spiro atoms. The molecule has 4 aromatic rings. The number of carbonyl (C=O) groups excluding carboxylic acids is 3. The molecule has 290 valence electrons. The van der Waals surface area contributed by atoms with Crippen molar-refractivity contribution in [2.24, 2.45) is 11.8 Å². The number of pyridine rings is 1. The summed E-state index contributed by atoms with van der Waals surface area (Å²) in [4.78, 5) is 60.6. The van der Waals surface area contributed by atoms with Crippen molar-refractivity contribution in [1.82, 2.24) is 15.6 Å². The Morgan fingerprint density at radius 1 is 0.873 bits per heavy atom. The molecule has 3 aromatic carbocycles. The van der Waals surface area contributed by atoms with Gasteiger partial charge in [-0.15, -0.1) is 0 Å². The number of aliphatic carboxylic acids is 1. The molecule has 13 heteroatoms. The molecule has 1 aliphatic rings. The topological polar surface area (TPSA) is 166 Å². The Balaban J connectivity index is 1.51. The van der Waals surface area contributed by atoms with Crippen LogP contribution in [-0.2, 0) is 19.2 Å². The highest BCUT2D eigenvalue weighted by Gasteiger charge is 2.40. The summed E-state index contributed by atoms with van der Waals surface area (Å²) >= 11 is 0. The molecule has 0 bridgehead atoms. The van der Waals surface area contributed by atoms with E-state index in [-0.39, 0.29) is 30.9 Å². The third-order valence-corrected chi connectivity index (χ3v) is 9.62.